The van der Waals surface area contributed by atoms with Crippen molar-refractivity contribution in [1.29, 1.82) is 0 Å². The van der Waals surface area contributed by atoms with Gasteiger partial charge in [0.1, 0.15) is 5.60 Å². The topological polar surface area (TPSA) is 84.5 Å². The predicted octanol–water partition coefficient (Wildman–Crippen LogP) is 1.98. The lowest BCUT2D eigenvalue weighted by Gasteiger charge is -2.27. The van der Waals surface area contributed by atoms with Gasteiger partial charge in [0, 0.05) is 13.0 Å². The Bertz CT molecular complexity index is 401. The molecule has 21 heavy (non-hydrogen) atoms. The molecule has 1 aliphatic heterocycles. The van der Waals surface area contributed by atoms with E-state index in [0.29, 0.717) is 13.0 Å². The van der Waals surface area contributed by atoms with Crippen LogP contribution in [0.15, 0.2) is 0 Å². The van der Waals surface area contributed by atoms with Gasteiger partial charge in [-0.25, -0.2) is 4.79 Å². The highest BCUT2D eigenvalue weighted by molar-refractivity contribution is 5.94. The number of carbonyl (C=O) groups excluding carboxylic acids is 3. The summed E-state index contributed by atoms with van der Waals surface area (Å²) in [5.41, 5.74) is -0.507. The Morgan fingerprint density at radius 1 is 1.29 bits per heavy atom. The normalized spacial score (nSPS) is 22.8. The molecule has 1 saturated heterocycles. The Morgan fingerprint density at radius 2 is 1.95 bits per heavy atom. The van der Waals surface area contributed by atoms with E-state index in [9.17, 15) is 14.4 Å². The third-order valence-corrected chi connectivity index (χ3v) is 3.52. The number of rotatable bonds is 2. The Kier molecular flexibility index (Phi) is 6.18. The van der Waals surface area contributed by atoms with Gasteiger partial charge in [-0.15, -0.1) is 0 Å². The van der Waals surface area contributed by atoms with Gasteiger partial charge in [0.15, 0.2) is 0 Å². The second kappa shape index (κ2) is 7.43. The van der Waals surface area contributed by atoms with E-state index in [0.717, 1.165) is 12.8 Å². The quantitative estimate of drug-likeness (QED) is 0.763. The second-order valence-corrected chi connectivity index (χ2v) is 6.57. The molecule has 0 aromatic heterocycles. The number of hydrogen-bond donors (Lipinski definition) is 2. The first-order valence-corrected chi connectivity index (χ1v) is 7.49. The summed E-state index contributed by atoms with van der Waals surface area (Å²) in [5, 5.41) is 4.89. The molecule has 120 valence electrons. The van der Waals surface area contributed by atoms with Crippen molar-refractivity contribution in [3.8, 4) is 0 Å². The molecule has 2 N–H and O–H groups in total. The van der Waals surface area contributed by atoms with Crippen LogP contribution in [0.1, 0.15) is 53.4 Å². The first-order valence-electron chi connectivity index (χ1n) is 7.49. The molecule has 0 saturated carbocycles. The number of esters is 1. The minimum atomic E-state index is -0.507. The standard InChI is InChI=1S/C15H26N2O4/c1-10(13(19)21-15(2,3)4)11-6-5-9-16-14(20)17-12(18)8-7-11/h10-11H,5-9H2,1-4H3,(H2,16,17,18,20). The fourth-order valence-electron chi connectivity index (χ4n) is 2.35. The Hall–Kier alpha value is -1.59. The van der Waals surface area contributed by atoms with E-state index in [-0.39, 0.29) is 30.1 Å². The monoisotopic (exact) mass is 298 g/mol. The molecule has 3 amide bonds. The summed E-state index contributed by atoms with van der Waals surface area (Å²) < 4.78 is 5.42. The average Bonchev–Trinajstić information content (AvgIpc) is 2.34. The van der Waals surface area contributed by atoms with E-state index in [1.165, 1.54) is 0 Å². The smallest absolute Gasteiger partial charge is 0.321 e. The zero-order valence-electron chi connectivity index (χ0n) is 13.3. The Morgan fingerprint density at radius 3 is 2.57 bits per heavy atom. The SMILES string of the molecule is CC(C(=O)OC(C)(C)C)C1CCCNC(=O)NC(=O)CC1. The molecule has 1 rings (SSSR count). The van der Waals surface area contributed by atoms with Gasteiger partial charge in [-0.05, 0) is 46.0 Å². The van der Waals surface area contributed by atoms with Gasteiger partial charge in [0.25, 0.3) is 0 Å². The summed E-state index contributed by atoms with van der Waals surface area (Å²) in [4.78, 5) is 35.0. The van der Waals surface area contributed by atoms with E-state index in [2.05, 4.69) is 10.6 Å². The third-order valence-electron chi connectivity index (χ3n) is 3.52. The van der Waals surface area contributed by atoms with Crippen molar-refractivity contribution in [3.05, 3.63) is 0 Å². The van der Waals surface area contributed by atoms with Crippen LogP contribution in [0.2, 0.25) is 0 Å². The molecule has 1 fully saturated rings. The molecular formula is C15H26N2O4. The highest BCUT2D eigenvalue weighted by atomic mass is 16.6. The highest BCUT2D eigenvalue weighted by Crippen LogP contribution is 2.26. The van der Waals surface area contributed by atoms with Crippen LogP contribution in [0.25, 0.3) is 0 Å². The van der Waals surface area contributed by atoms with Gasteiger partial charge in [-0.3, -0.25) is 14.9 Å². The molecule has 0 bridgehead atoms. The largest absolute Gasteiger partial charge is 0.460 e. The third kappa shape index (κ3) is 6.60. The number of carbonyl (C=O) groups is 3. The maximum absolute atomic E-state index is 12.2. The zero-order valence-corrected chi connectivity index (χ0v) is 13.3. The molecule has 1 heterocycles. The molecule has 0 aromatic rings. The van der Waals surface area contributed by atoms with Crippen LogP contribution >= 0.6 is 0 Å². The van der Waals surface area contributed by atoms with E-state index in [4.69, 9.17) is 4.74 Å². The number of nitrogens with one attached hydrogen (secondary N) is 2. The highest BCUT2D eigenvalue weighted by Gasteiger charge is 2.29. The number of hydrogen-bond acceptors (Lipinski definition) is 4. The van der Waals surface area contributed by atoms with Crippen molar-refractivity contribution in [3.63, 3.8) is 0 Å². The summed E-state index contributed by atoms with van der Waals surface area (Å²) in [6.45, 7) is 7.87. The summed E-state index contributed by atoms with van der Waals surface area (Å²) in [6.07, 6.45) is 2.39. The van der Waals surface area contributed by atoms with Crippen molar-refractivity contribution in [2.75, 3.05) is 6.54 Å². The minimum absolute atomic E-state index is 0.0839. The van der Waals surface area contributed by atoms with Gasteiger partial charge < -0.3 is 10.1 Å². The lowest BCUT2D eigenvalue weighted by atomic mass is 9.85. The summed E-state index contributed by atoms with van der Waals surface area (Å²) >= 11 is 0. The number of imide groups is 1. The fourth-order valence-corrected chi connectivity index (χ4v) is 2.35. The van der Waals surface area contributed by atoms with E-state index >= 15 is 0 Å². The minimum Gasteiger partial charge on any atom is -0.460 e. The van der Waals surface area contributed by atoms with Crippen molar-refractivity contribution >= 4 is 17.9 Å². The first kappa shape index (κ1) is 17.5. The predicted molar refractivity (Wildman–Crippen MR) is 78.5 cm³/mol. The van der Waals surface area contributed by atoms with Gasteiger partial charge >= 0.3 is 12.0 Å². The van der Waals surface area contributed by atoms with Crippen molar-refractivity contribution in [2.45, 2.75) is 59.0 Å². The average molecular weight is 298 g/mol. The number of ether oxygens (including phenoxy) is 1. The molecule has 0 spiro atoms. The second-order valence-electron chi connectivity index (χ2n) is 6.57. The van der Waals surface area contributed by atoms with Crippen molar-refractivity contribution in [1.82, 2.24) is 10.6 Å². The summed E-state index contributed by atoms with van der Waals surface area (Å²) in [6, 6.07) is -0.446. The van der Waals surface area contributed by atoms with Gasteiger partial charge in [-0.1, -0.05) is 6.92 Å². The van der Waals surface area contributed by atoms with E-state index in [1.807, 2.05) is 27.7 Å². The molecule has 6 nitrogen and oxygen atoms in total. The molecule has 6 heteroatoms. The van der Waals surface area contributed by atoms with Gasteiger partial charge in [0.2, 0.25) is 5.91 Å². The van der Waals surface area contributed by atoms with Crippen molar-refractivity contribution in [2.24, 2.45) is 11.8 Å². The van der Waals surface area contributed by atoms with Gasteiger partial charge in [0.05, 0.1) is 5.92 Å². The molecule has 0 radical (unpaired) electrons. The summed E-state index contributed by atoms with van der Waals surface area (Å²) in [7, 11) is 0. The molecule has 2 atom stereocenters. The van der Waals surface area contributed by atoms with Crippen LogP contribution < -0.4 is 10.6 Å². The van der Waals surface area contributed by atoms with Crippen LogP contribution in [0, 0.1) is 11.8 Å². The molecule has 0 aromatic carbocycles. The zero-order chi connectivity index (χ0) is 16.0. The van der Waals surface area contributed by atoms with Crippen molar-refractivity contribution < 1.29 is 19.1 Å². The maximum Gasteiger partial charge on any atom is 0.321 e. The van der Waals surface area contributed by atoms with E-state index in [1.54, 1.807) is 0 Å². The first-order chi connectivity index (χ1) is 9.69. The van der Waals surface area contributed by atoms with Crippen LogP contribution in [0.4, 0.5) is 4.79 Å². The number of urea groups is 1. The molecule has 2 unspecified atom stereocenters. The molecular weight excluding hydrogens is 272 g/mol. The van der Waals surface area contributed by atoms with E-state index < -0.39 is 11.6 Å². The van der Waals surface area contributed by atoms with Crippen LogP contribution in [-0.2, 0) is 14.3 Å². The Labute approximate surface area is 126 Å². The van der Waals surface area contributed by atoms with Crippen LogP contribution in [0.3, 0.4) is 0 Å². The molecule has 1 aliphatic rings. The Balaban J connectivity index is 2.64. The maximum atomic E-state index is 12.2. The lowest BCUT2D eigenvalue weighted by molar-refractivity contribution is -0.161. The fraction of sp³-hybridized carbons (Fsp3) is 0.800. The van der Waals surface area contributed by atoms with Crippen LogP contribution in [0.5, 0.6) is 0 Å². The lowest BCUT2D eigenvalue weighted by Crippen LogP contribution is -2.41. The molecule has 0 aliphatic carbocycles. The van der Waals surface area contributed by atoms with Gasteiger partial charge in [-0.2, -0.15) is 0 Å². The van der Waals surface area contributed by atoms with Crippen LogP contribution in [-0.4, -0.2) is 30.1 Å². The summed E-state index contributed by atoms with van der Waals surface area (Å²) in [5.74, 6) is -0.711. The number of amides is 3.